The van der Waals surface area contributed by atoms with Crippen molar-refractivity contribution in [1.82, 2.24) is 5.32 Å². The predicted molar refractivity (Wildman–Crippen MR) is 119 cm³/mol. The van der Waals surface area contributed by atoms with Crippen molar-refractivity contribution >= 4 is 12.1 Å². The van der Waals surface area contributed by atoms with Gasteiger partial charge < -0.3 is 14.8 Å². The Morgan fingerprint density at radius 2 is 1.60 bits per heavy atom. The third-order valence-corrected chi connectivity index (χ3v) is 4.27. The number of esters is 1. The number of rotatable bonds is 7. The summed E-state index contributed by atoms with van der Waals surface area (Å²) in [6, 6.07) is 17.9. The van der Waals surface area contributed by atoms with Crippen LogP contribution in [0.1, 0.15) is 40.2 Å². The second-order valence-electron chi connectivity index (χ2n) is 8.09. The maximum absolute atomic E-state index is 12.3. The first-order chi connectivity index (χ1) is 14.2. The van der Waals surface area contributed by atoms with Crippen LogP contribution in [0.5, 0.6) is 0 Å². The second-order valence-corrected chi connectivity index (χ2v) is 8.09. The number of carbonyl (C=O) groups excluding carboxylic acids is 2. The monoisotopic (exact) mass is 409 g/mol. The summed E-state index contributed by atoms with van der Waals surface area (Å²) in [7, 11) is 0. The predicted octanol–water partition coefficient (Wildman–Crippen LogP) is 5.30. The molecule has 0 aliphatic heterocycles. The average molecular weight is 410 g/mol. The number of alkyl carbamates (subject to hydrolysis) is 1. The van der Waals surface area contributed by atoms with Crippen LogP contribution in [0.15, 0.2) is 66.2 Å². The molecule has 0 radical (unpaired) electrons. The fourth-order valence-corrected chi connectivity index (χ4v) is 2.94. The minimum Gasteiger partial charge on any atom is -0.463 e. The molecule has 5 nitrogen and oxygen atoms in total. The molecule has 1 N–H and O–H groups in total. The fourth-order valence-electron chi connectivity index (χ4n) is 2.94. The minimum atomic E-state index is -0.605. The summed E-state index contributed by atoms with van der Waals surface area (Å²) in [5.74, 6) is -0.395. The Balaban J connectivity index is 2.18. The molecule has 2 aromatic rings. The van der Waals surface area contributed by atoms with Gasteiger partial charge >= 0.3 is 12.1 Å². The second kappa shape index (κ2) is 10.6. The van der Waals surface area contributed by atoms with E-state index in [-0.39, 0.29) is 0 Å². The van der Waals surface area contributed by atoms with Crippen molar-refractivity contribution in [2.24, 2.45) is 0 Å². The van der Waals surface area contributed by atoms with E-state index in [2.05, 4.69) is 29.6 Å². The summed E-state index contributed by atoms with van der Waals surface area (Å²) in [4.78, 5) is 24.3. The average Bonchev–Trinajstić information content (AvgIpc) is 2.68. The molecule has 5 heteroatoms. The van der Waals surface area contributed by atoms with Crippen LogP contribution in [0, 0.1) is 0 Å². The maximum Gasteiger partial charge on any atom is 0.408 e. The molecular weight excluding hydrogens is 378 g/mol. The molecule has 0 fully saturated rings. The van der Waals surface area contributed by atoms with Crippen molar-refractivity contribution in [3.05, 3.63) is 71.8 Å². The molecule has 30 heavy (non-hydrogen) atoms. The smallest absolute Gasteiger partial charge is 0.408 e. The number of amides is 1. The third kappa shape index (κ3) is 7.74. The lowest BCUT2D eigenvalue weighted by Crippen LogP contribution is -2.39. The molecule has 0 saturated carbocycles. The zero-order valence-corrected chi connectivity index (χ0v) is 18.4. The van der Waals surface area contributed by atoms with Crippen LogP contribution < -0.4 is 5.32 Å². The topological polar surface area (TPSA) is 64.6 Å². The molecule has 0 heterocycles. The van der Waals surface area contributed by atoms with E-state index in [9.17, 15) is 9.59 Å². The number of ether oxygens (including phenoxy) is 2. The van der Waals surface area contributed by atoms with Crippen molar-refractivity contribution in [3.63, 3.8) is 0 Å². The fraction of sp³-hybridized carbons (Fsp3) is 0.360. The first kappa shape index (κ1) is 23.2. The molecule has 2 aromatic carbocycles. The summed E-state index contributed by atoms with van der Waals surface area (Å²) in [5, 5.41) is 2.85. The van der Waals surface area contributed by atoms with Crippen LogP contribution in [-0.4, -0.2) is 30.3 Å². The summed E-state index contributed by atoms with van der Waals surface area (Å²) < 4.78 is 10.4. The molecule has 0 spiro atoms. The number of hydrogen-bond donors (Lipinski definition) is 1. The minimum absolute atomic E-state index is 0.301. The highest BCUT2D eigenvalue weighted by Crippen LogP contribution is 2.20. The summed E-state index contributed by atoms with van der Waals surface area (Å²) in [6.07, 6.45) is 1.71. The molecule has 0 aromatic heterocycles. The van der Waals surface area contributed by atoms with Gasteiger partial charge in [-0.3, -0.25) is 0 Å². The van der Waals surface area contributed by atoms with Crippen LogP contribution in [0.4, 0.5) is 4.79 Å². The van der Waals surface area contributed by atoms with Crippen LogP contribution in [0.3, 0.4) is 0 Å². The standard InChI is InChI=1S/C25H31NO4/c1-6-29-23(27)18(2)16-22(26-24(28)30-25(3,4)5)17-19-12-14-21(15-13-19)20-10-8-7-9-11-20/h7-16,22H,6,17H2,1-5H3,(H,26,28). The molecular formula is C25H31NO4. The van der Waals surface area contributed by atoms with Crippen LogP contribution >= 0.6 is 0 Å². The Hall–Kier alpha value is -3.08. The highest BCUT2D eigenvalue weighted by Gasteiger charge is 2.20. The van der Waals surface area contributed by atoms with Crippen molar-refractivity contribution in [3.8, 4) is 11.1 Å². The molecule has 0 aliphatic carbocycles. The Bertz CT molecular complexity index is 864. The molecule has 1 amide bonds. The number of hydrogen-bond acceptors (Lipinski definition) is 4. The van der Waals surface area contributed by atoms with E-state index < -0.39 is 23.7 Å². The van der Waals surface area contributed by atoms with E-state index in [1.165, 1.54) is 0 Å². The van der Waals surface area contributed by atoms with Crippen molar-refractivity contribution in [2.75, 3.05) is 6.61 Å². The van der Waals surface area contributed by atoms with Gasteiger partial charge in [-0.15, -0.1) is 0 Å². The van der Waals surface area contributed by atoms with Gasteiger partial charge in [0, 0.05) is 5.57 Å². The van der Waals surface area contributed by atoms with Crippen molar-refractivity contribution in [1.29, 1.82) is 0 Å². The Kier molecular flexibility index (Phi) is 8.22. The molecule has 1 atom stereocenters. The molecule has 1 unspecified atom stereocenters. The molecule has 0 saturated heterocycles. The molecule has 0 bridgehead atoms. The first-order valence-corrected chi connectivity index (χ1v) is 10.2. The normalized spacial score (nSPS) is 12.8. The zero-order chi connectivity index (χ0) is 22.1. The largest absolute Gasteiger partial charge is 0.463 e. The van der Waals surface area contributed by atoms with E-state index in [0.29, 0.717) is 18.6 Å². The number of benzene rings is 2. The SMILES string of the molecule is CCOC(=O)C(C)=CC(Cc1ccc(-c2ccccc2)cc1)NC(=O)OC(C)(C)C. The van der Waals surface area contributed by atoms with Crippen LogP contribution in [0.2, 0.25) is 0 Å². The van der Waals surface area contributed by atoms with Gasteiger partial charge in [0.05, 0.1) is 12.6 Å². The molecule has 2 rings (SSSR count). The van der Waals surface area contributed by atoms with Gasteiger partial charge in [-0.1, -0.05) is 60.7 Å². The van der Waals surface area contributed by atoms with E-state index in [1.54, 1.807) is 19.9 Å². The van der Waals surface area contributed by atoms with Gasteiger partial charge in [0.2, 0.25) is 0 Å². The Morgan fingerprint density at radius 1 is 1.00 bits per heavy atom. The zero-order valence-electron chi connectivity index (χ0n) is 18.4. The maximum atomic E-state index is 12.3. The van der Waals surface area contributed by atoms with Gasteiger partial charge in [0.1, 0.15) is 5.60 Å². The number of carbonyl (C=O) groups is 2. The van der Waals surface area contributed by atoms with Gasteiger partial charge in [0.25, 0.3) is 0 Å². The van der Waals surface area contributed by atoms with Gasteiger partial charge in [-0.2, -0.15) is 0 Å². The molecule has 160 valence electrons. The van der Waals surface area contributed by atoms with Gasteiger partial charge in [-0.25, -0.2) is 9.59 Å². The lowest BCUT2D eigenvalue weighted by molar-refractivity contribution is -0.138. The molecule has 0 aliphatic rings. The first-order valence-electron chi connectivity index (χ1n) is 10.2. The van der Waals surface area contributed by atoms with Crippen molar-refractivity contribution < 1.29 is 19.1 Å². The van der Waals surface area contributed by atoms with E-state index >= 15 is 0 Å². The Labute approximate surface area is 179 Å². The summed E-state index contributed by atoms with van der Waals surface area (Å²) in [6.45, 7) is 9.17. The third-order valence-electron chi connectivity index (χ3n) is 4.27. The highest BCUT2D eigenvalue weighted by molar-refractivity contribution is 5.88. The lowest BCUT2D eigenvalue weighted by atomic mass is 10.00. The quantitative estimate of drug-likeness (QED) is 0.498. The van der Waals surface area contributed by atoms with Gasteiger partial charge in [0.15, 0.2) is 0 Å². The highest BCUT2D eigenvalue weighted by atomic mass is 16.6. The summed E-state index contributed by atoms with van der Waals surface area (Å²) >= 11 is 0. The van der Waals surface area contributed by atoms with Gasteiger partial charge in [-0.05, 0) is 57.7 Å². The Morgan fingerprint density at radius 3 is 2.17 bits per heavy atom. The van der Waals surface area contributed by atoms with E-state index in [1.807, 2.05) is 51.1 Å². The van der Waals surface area contributed by atoms with Crippen LogP contribution in [0.25, 0.3) is 11.1 Å². The lowest BCUT2D eigenvalue weighted by Gasteiger charge is -2.23. The van der Waals surface area contributed by atoms with E-state index in [4.69, 9.17) is 9.47 Å². The summed E-state index contributed by atoms with van der Waals surface area (Å²) in [5.41, 5.74) is 3.13. The number of nitrogens with one attached hydrogen (secondary N) is 1. The van der Waals surface area contributed by atoms with Crippen molar-refractivity contribution in [2.45, 2.75) is 52.7 Å². The van der Waals surface area contributed by atoms with Crippen LogP contribution in [-0.2, 0) is 20.7 Å². The van der Waals surface area contributed by atoms with E-state index in [0.717, 1.165) is 16.7 Å².